The maximum absolute atomic E-state index is 12.1. The standard InChI is InChI=1S/C19H28N2O3/c1-13-2-5-16(24-13)11-21-7-6-17-15(10-21)12-23-18(17)8-19(22)20-9-14-3-4-14/h2,5,14-15,17-18H,3-4,6-12H2,1H3,(H,20,22)/t15-,17-,18+/m0/s1. The zero-order chi connectivity index (χ0) is 16.5. The number of piperidine rings is 1. The first kappa shape index (κ1) is 16.2. The predicted molar refractivity (Wildman–Crippen MR) is 90.4 cm³/mol. The molecule has 1 saturated carbocycles. The lowest BCUT2D eigenvalue weighted by Gasteiger charge is -2.35. The number of hydrogen-bond acceptors (Lipinski definition) is 4. The van der Waals surface area contributed by atoms with Gasteiger partial charge in [-0.15, -0.1) is 0 Å². The minimum absolute atomic E-state index is 0.113. The second-order valence-corrected chi connectivity index (χ2v) is 7.78. The van der Waals surface area contributed by atoms with E-state index in [4.69, 9.17) is 9.15 Å². The van der Waals surface area contributed by atoms with Crippen molar-refractivity contribution in [3.63, 3.8) is 0 Å². The Labute approximate surface area is 143 Å². The number of nitrogens with one attached hydrogen (secondary N) is 1. The molecule has 1 aliphatic carbocycles. The van der Waals surface area contributed by atoms with E-state index in [-0.39, 0.29) is 12.0 Å². The molecule has 132 valence electrons. The van der Waals surface area contributed by atoms with Gasteiger partial charge >= 0.3 is 0 Å². The van der Waals surface area contributed by atoms with Crippen molar-refractivity contribution in [3.8, 4) is 0 Å². The van der Waals surface area contributed by atoms with Crippen LogP contribution >= 0.6 is 0 Å². The van der Waals surface area contributed by atoms with Gasteiger partial charge in [-0.2, -0.15) is 0 Å². The smallest absolute Gasteiger partial charge is 0.222 e. The molecule has 1 aromatic heterocycles. The van der Waals surface area contributed by atoms with Gasteiger partial charge in [0.05, 0.1) is 25.7 Å². The van der Waals surface area contributed by atoms with Crippen LogP contribution in [0.2, 0.25) is 0 Å². The van der Waals surface area contributed by atoms with Crippen LogP contribution in [0, 0.1) is 24.7 Å². The number of likely N-dealkylation sites (tertiary alicyclic amines) is 1. The summed E-state index contributed by atoms with van der Waals surface area (Å²) in [4.78, 5) is 14.6. The quantitative estimate of drug-likeness (QED) is 0.869. The lowest BCUT2D eigenvalue weighted by molar-refractivity contribution is -0.123. The molecular weight excluding hydrogens is 304 g/mol. The third-order valence-electron chi connectivity index (χ3n) is 5.73. The number of amides is 1. The van der Waals surface area contributed by atoms with Gasteiger partial charge < -0.3 is 14.5 Å². The minimum atomic E-state index is 0.113. The van der Waals surface area contributed by atoms with E-state index < -0.39 is 0 Å². The van der Waals surface area contributed by atoms with E-state index in [1.54, 1.807) is 0 Å². The fourth-order valence-corrected chi connectivity index (χ4v) is 4.14. The van der Waals surface area contributed by atoms with Gasteiger partial charge in [-0.3, -0.25) is 9.69 Å². The van der Waals surface area contributed by atoms with Gasteiger partial charge in [0.25, 0.3) is 0 Å². The molecule has 3 fully saturated rings. The summed E-state index contributed by atoms with van der Waals surface area (Å²) in [6, 6.07) is 4.09. The van der Waals surface area contributed by atoms with Gasteiger partial charge in [0.2, 0.25) is 5.91 Å². The second kappa shape index (κ2) is 6.89. The molecule has 5 heteroatoms. The molecule has 4 rings (SSSR count). The molecule has 1 amide bonds. The summed E-state index contributed by atoms with van der Waals surface area (Å²) in [5.41, 5.74) is 0. The largest absolute Gasteiger partial charge is 0.465 e. The van der Waals surface area contributed by atoms with Crippen LogP contribution in [0.1, 0.15) is 37.2 Å². The van der Waals surface area contributed by atoms with Gasteiger partial charge in [-0.05, 0) is 56.7 Å². The fraction of sp³-hybridized carbons (Fsp3) is 0.737. The van der Waals surface area contributed by atoms with Crippen molar-refractivity contribution in [1.82, 2.24) is 10.2 Å². The Morgan fingerprint density at radius 2 is 2.21 bits per heavy atom. The van der Waals surface area contributed by atoms with E-state index >= 15 is 0 Å². The lowest BCUT2D eigenvalue weighted by atomic mass is 9.83. The number of carbonyl (C=O) groups is 1. The van der Waals surface area contributed by atoms with Crippen molar-refractivity contribution in [3.05, 3.63) is 23.7 Å². The predicted octanol–water partition coefficient (Wildman–Crippen LogP) is 2.34. The fourth-order valence-electron chi connectivity index (χ4n) is 4.14. The molecule has 2 saturated heterocycles. The highest BCUT2D eigenvalue weighted by molar-refractivity contribution is 5.76. The topological polar surface area (TPSA) is 54.7 Å². The van der Waals surface area contributed by atoms with E-state index in [0.717, 1.165) is 56.6 Å². The number of hydrogen-bond donors (Lipinski definition) is 1. The number of nitrogens with zero attached hydrogens (tertiary/aromatic N) is 1. The Balaban J connectivity index is 1.25. The Bertz CT molecular complexity index is 581. The number of furan rings is 1. The molecule has 24 heavy (non-hydrogen) atoms. The first-order chi connectivity index (χ1) is 11.7. The van der Waals surface area contributed by atoms with E-state index in [1.165, 1.54) is 12.8 Å². The van der Waals surface area contributed by atoms with E-state index in [1.807, 2.05) is 13.0 Å². The highest BCUT2D eigenvalue weighted by atomic mass is 16.5. The van der Waals surface area contributed by atoms with Crippen LogP contribution in [0.4, 0.5) is 0 Å². The van der Waals surface area contributed by atoms with Gasteiger partial charge in [-0.1, -0.05) is 0 Å². The Morgan fingerprint density at radius 3 is 2.96 bits per heavy atom. The van der Waals surface area contributed by atoms with Crippen molar-refractivity contribution < 1.29 is 13.9 Å². The molecule has 3 aliphatic rings. The summed E-state index contributed by atoms with van der Waals surface area (Å²) >= 11 is 0. The third kappa shape index (κ3) is 3.83. The number of aryl methyl sites for hydroxylation is 1. The minimum Gasteiger partial charge on any atom is -0.465 e. The highest BCUT2D eigenvalue weighted by Crippen LogP contribution is 2.36. The lowest BCUT2D eigenvalue weighted by Crippen LogP contribution is -2.42. The molecule has 0 aromatic carbocycles. The van der Waals surface area contributed by atoms with Crippen LogP contribution in [0.15, 0.2) is 16.5 Å². The van der Waals surface area contributed by atoms with E-state index in [9.17, 15) is 4.79 Å². The van der Waals surface area contributed by atoms with Gasteiger partial charge in [-0.25, -0.2) is 0 Å². The van der Waals surface area contributed by atoms with Crippen LogP contribution in [0.3, 0.4) is 0 Å². The summed E-state index contributed by atoms with van der Waals surface area (Å²) in [7, 11) is 0. The molecule has 3 atom stereocenters. The van der Waals surface area contributed by atoms with Crippen molar-refractivity contribution in [1.29, 1.82) is 0 Å². The van der Waals surface area contributed by atoms with Crippen LogP contribution in [-0.2, 0) is 16.1 Å². The number of carbonyl (C=O) groups excluding carboxylic acids is 1. The monoisotopic (exact) mass is 332 g/mol. The number of fused-ring (bicyclic) bond motifs is 1. The molecule has 0 bridgehead atoms. The molecule has 0 spiro atoms. The Hall–Kier alpha value is -1.33. The molecule has 1 N–H and O–H groups in total. The molecule has 2 aliphatic heterocycles. The normalized spacial score (nSPS) is 30.3. The molecule has 1 aromatic rings. The second-order valence-electron chi connectivity index (χ2n) is 7.78. The van der Waals surface area contributed by atoms with E-state index in [0.29, 0.717) is 18.3 Å². The third-order valence-corrected chi connectivity index (χ3v) is 5.73. The average molecular weight is 332 g/mol. The summed E-state index contributed by atoms with van der Waals surface area (Å²) in [5.74, 6) is 4.00. The number of ether oxygens (including phenoxy) is 1. The summed E-state index contributed by atoms with van der Waals surface area (Å²) in [6.45, 7) is 6.62. The summed E-state index contributed by atoms with van der Waals surface area (Å²) in [6.07, 6.45) is 4.31. The van der Waals surface area contributed by atoms with Crippen molar-refractivity contribution in [2.75, 3.05) is 26.2 Å². The number of rotatable bonds is 6. The summed E-state index contributed by atoms with van der Waals surface area (Å²) < 4.78 is 11.7. The van der Waals surface area contributed by atoms with Crippen LogP contribution in [0.25, 0.3) is 0 Å². The molecular formula is C19H28N2O3. The average Bonchev–Trinajstić information content (AvgIpc) is 3.20. The highest BCUT2D eigenvalue weighted by Gasteiger charge is 2.41. The van der Waals surface area contributed by atoms with E-state index in [2.05, 4.69) is 16.3 Å². The van der Waals surface area contributed by atoms with Crippen LogP contribution in [0.5, 0.6) is 0 Å². The van der Waals surface area contributed by atoms with Crippen molar-refractivity contribution >= 4 is 5.91 Å². The molecule has 3 heterocycles. The molecule has 0 unspecified atom stereocenters. The van der Waals surface area contributed by atoms with Gasteiger partial charge in [0.1, 0.15) is 11.5 Å². The van der Waals surface area contributed by atoms with Crippen molar-refractivity contribution in [2.24, 2.45) is 17.8 Å². The molecule has 5 nitrogen and oxygen atoms in total. The van der Waals surface area contributed by atoms with Crippen LogP contribution in [-0.4, -0.2) is 43.2 Å². The first-order valence-electron chi connectivity index (χ1n) is 9.33. The maximum atomic E-state index is 12.1. The van der Waals surface area contributed by atoms with Crippen molar-refractivity contribution in [2.45, 2.75) is 45.3 Å². The zero-order valence-electron chi connectivity index (χ0n) is 14.5. The zero-order valence-corrected chi connectivity index (χ0v) is 14.5. The molecule has 0 radical (unpaired) electrons. The van der Waals surface area contributed by atoms with Gasteiger partial charge in [0.15, 0.2) is 0 Å². The van der Waals surface area contributed by atoms with Crippen LogP contribution < -0.4 is 5.32 Å². The van der Waals surface area contributed by atoms with Gasteiger partial charge in [0, 0.05) is 19.0 Å². The Kier molecular flexibility index (Phi) is 4.63. The first-order valence-corrected chi connectivity index (χ1v) is 9.33. The Morgan fingerprint density at radius 1 is 1.33 bits per heavy atom. The summed E-state index contributed by atoms with van der Waals surface area (Å²) in [5, 5.41) is 3.07. The SMILES string of the molecule is Cc1ccc(CN2CC[C@H]3[C@H](CO[C@@H]3CC(=O)NCC3CC3)C2)o1. The maximum Gasteiger partial charge on any atom is 0.222 e.